The molecule has 0 heterocycles. The Morgan fingerprint density at radius 3 is 2.56 bits per heavy atom. The second-order valence-corrected chi connectivity index (χ2v) is 4.12. The van der Waals surface area contributed by atoms with Gasteiger partial charge in [0.25, 0.3) is 0 Å². The lowest BCUT2D eigenvalue weighted by Crippen LogP contribution is -2.00. The van der Waals surface area contributed by atoms with Crippen LogP contribution in [-0.2, 0) is 9.53 Å². The Balaban J connectivity index is 3.52. The van der Waals surface area contributed by atoms with Gasteiger partial charge in [0.2, 0.25) is 0 Å². The minimum atomic E-state index is -0.266. The number of esters is 1. The molecule has 18 heavy (non-hydrogen) atoms. The molecule has 0 atom stereocenters. The van der Waals surface area contributed by atoms with Crippen molar-refractivity contribution in [3.8, 4) is 0 Å². The van der Waals surface area contributed by atoms with Crippen molar-refractivity contribution in [2.75, 3.05) is 6.61 Å². The third kappa shape index (κ3) is 12.8. The average Bonchev–Trinajstić information content (AvgIpc) is 2.37. The molecule has 0 aliphatic rings. The fourth-order valence-electron chi connectivity index (χ4n) is 1.38. The molecule has 0 spiro atoms. The zero-order valence-electron chi connectivity index (χ0n) is 11.7. The van der Waals surface area contributed by atoms with Crippen molar-refractivity contribution in [2.24, 2.45) is 0 Å². The molecule has 102 valence electrons. The van der Waals surface area contributed by atoms with Gasteiger partial charge < -0.3 is 4.74 Å². The summed E-state index contributed by atoms with van der Waals surface area (Å²) < 4.78 is 5.02. The van der Waals surface area contributed by atoms with Crippen molar-refractivity contribution in [3.05, 3.63) is 36.5 Å². The Hall–Kier alpha value is -1.31. The molecule has 0 fully saturated rings. The normalized spacial score (nSPS) is 11.9. The summed E-state index contributed by atoms with van der Waals surface area (Å²) in [6.45, 7) is 4.73. The predicted octanol–water partition coefficient (Wildman–Crippen LogP) is 4.58. The molecule has 0 saturated carbocycles. The maximum Gasteiger partial charge on any atom is 0.330 e. The van der Waals surface area contributed by atoms with Gasteiger partial charge >= 0.3 is 5.97 Å². The molecule has 0 N–H and O–H groups in total. The van der Waals surface area contributed by atoms with Crippen molar-refractivity contribution in [1.29, 1.82) is 0 Å². The molecule has 0 aliphatic carbocycles. The predicted molar refractivity (Wildman–Crippen MR) is 77.4 cm³/mol. The van der Waals surface area contributed by atoms with Gasteiger partial charge in [0.15, 0.2) is 0 Å². The van der Waals surface area contributed by atoms with Crippen LogP contribution in [0.1, 0.15) is 52.4 Å². The number of rotatable bonds is 10. The van der Waals surface area contributed by atoms with Crippen LogP contribution in [0.4, 0.5) is 0 Å². The van der Waals surface area contributed by atoms with E-state index in [1.807, 2.05) is 12.2 Å². The molecule has 0 saturated heterocycles. The van der Waals surface area contributed by atoms with Crippen molar-refractivity contribution in [1.82, 2.24) is 0 Å². The summed E-state index contributed by atoms with van der Waals surface area (Å²) in [4.78, 5) is 11.2. The molecule has 0 amide bonds. The van der Waals surface area contributed by atoms with Crippen LogP contribution >= 0.6 is 0 Å². The Morgan fingerprint density at radius 2 is 1.83 bits per heavy atom. The van der Waals surface area contributed by atoms with Crippen LogP contribution < -0.4 is 0 Å². The van der Waals surface area contributed by atoms with E-state index < -0.39 is 0 Å². The smallest absolute Gasteiger partial charge is 0.330 e. The number of hydrogen-bond acceptors (Lipinski definition) is 2. The van der Waals surface area contributed by atoms with Crippen molar-refractivity contribution in [3.63, 3.8) is 0 Å². The molecule has 0 unspecified atom stereocenters. The van der Waals surface area contributed by atoms with E-state index in [9.17, 15) is 4.79 Å². The van der Waals surface area contributed by atoms with Gasteiger partial charge in [-0.1, -0.05) is 57.1 Å². The molecular formula is C16H26O2. The monoisotopic (exact) mass is 250 g/mol. The van der Waals surface area contributed by atoms with E-state index in [-0.39, 0.29) is 5.97 Å². The van der Waals surface area contributed by atoms with Crippen molar-refractivity contribution < 1.29 is 9.53 Å². The van der Waals surface area contributed by atoms with E-state index in [2.05, 4.69) is 26.0 Å². The molecule has 2 heteroatoms. The highest BCUT2D eigenvalue weighted by atomic mass is 16.5. The van der Waals surface area contributed by atoms with Gasteiger partial charge in [-0.2, -0.15) is 0 Å². The van der Waals surface area contributed by atoms with E-state index >= 15 is 0 Å². The molecule has 0 bridgehead atoms. The maximum atomic E-state index is 11.2. The van der Waals surface area contributed by atoms with Crippen LogP contribution in [0.3, 0.4) is 0 Å². The van der Waals surface area contributed by atoms with Crippen LogP contribution in [0, 0.1) is 0 Å². The molecule has 0 aliphatic heterocycles. The van der Waals surface area contributed by atoms with Crippen molar-refractivity contribution in [2.45, 2.75) is 52.4 Å². The average molecular weight is 250 g/mol. The molecule has 0 aromatic rings. The van der Waals surface area contributed by atoms with Gasteiger partial charge in [-0.15, -0.1) is 0 Å². The number of carbonyl (C=O) groups excluding carboxylic acids is 1. The number of hydrogen-bond donors (Lipinski definition) is 0. The lowest BCUT2D eigenvalue weighted by Gasteiger charge is -1.97. The second kappa shape index (κ2) is 13.8. The number of unbranched alkanes of at least 4 members (excludes halogenated alkanes) is 3. The summed E-state index contributed by atoms with van der Waals surface area (Å²) in [7, 11) is 0. The molecule has 0 radical (unpaired) electrons. The zero-order valence-corrected chi connectivity index (χ0v) is 11.7. The Kier molecular flexibility index (Phi) is 12.8. The first-order valence-electron chi connectivity index (χ1n) is 6.96. The lowest BCUT2D eigenvalue weighted by molar-refractivity contribution is -0.137. The fourth-order valence-corrected chi connectivity index (χ4v) is 1.38. The third-order valence-corrected chi connectivity index (χ3v) is 2.39. The number of allylic oxidation sites excluding steroid dienone is 4. The van der Waals surface area contributed by atoms with Crippen LogP contribution in [-0.4, -0.2) is 12.6 Å². The maximum absolute atomic E-state index is 11.2. The molecule has 0 aromatic heterocycles. The summed E-state index contributed by atoms with van der Waals surface area (Å²) in [5.41, 5.74) is 0. The van der Waals surface area contributed by atoms with Crippen LogP contribution in [0.2, 0.25) is 0 Å². The van der Waals surface area contributed by atoms with Crippen LogP contribution in [0.25, 0.3) is 0 Å². The standard InChI is InChI=1S/C16H26O2/c1-3-5-7-9-10-11-12-14-16(17)18-15-13-8-6-4-2/h6,8,10-12,14H,3-5,7,9,13,15H2,1-2H3. The first-order valence-corrected chi connectivity index (χ1v) is 6.96. The molecule has 2 nitrogen and oxygen atoms in total. The quantitative estimate of drug-likeness (QED) is 0.186. The highest BCUT2D eigenvalue weighted by Crippen LogP contribution is 1.99. The summed E-state index contributed by atoms with van der Waals surface area (Å²) in [5.74, 6) is -0.266. The summed E-state index contributed by atoms with van der Waals surface area (Å²) in [5, 5.41) is 0. The lowest BCUT2D eigenvalue weighted by atomic mass is 10.2. The van der Waals surface area contributed by atoms with Crippen LogP contribution in [0.15, 0.2) is 36.5 Å². The highest BCUT2D eigenvalue weighted by Gasteiger charge is 1.93. The number of ether oxygens (including phenoxy) is 1. The van der Waals surface area contributed by atoms with Gasteiger partial charge in [-0.05, 0) is 25.7 Å². The second-order valence-electron chi connectivity index (χ2n) is 4.12. The van der Waals surface area contributed by atoms with E-state index in [4.69, 9.17) is 4.74 Å². The van der Waals surface area contributed by atoms with E-state index in [0.717, 1.165) is 19.3 Å². The highest BCUT2D eigenvalue weighted by molar-refractivity contribution is 5.82. The number of carbonyl (C=O) groups is 1. The van der Waals surface area contributed by atoms with Gasteiger partial charge in [-0.3, -0.25) is 0 Å². The topological polar surface area (TPSA) is 26.3 Å². The SMILES string of the molecule is CCC=CCCOC(=O)C=CC=CCCCCC. The Bertz CT molecular complexity index is 275. The third-order valence-electron chi connectivity index (χ3n) is 2.39. The van der Waals surface area contributed by atoms with E-state index in [1.54, 1.807) is 6.08 Å². The van der Waals surface area contributed by atoms with Gasteiger partial charge in [0.1, 0.15) is 0 Å². The van der Waals surface area contributed by atoms with Gasteiger partial charge in [-0.25, -0.2) is 4.79 Å². The first kappa shape index (κ1) is 16.7. The minimum absolute atomic E-state index is 0.266. The van der Waals surface area contributed by atoms with Gasteiger partial charge in [0.05, 0.1) is 6.61 Å². The molecule has 0 rings (SSSR count). The summed E-state index contributed by atoms with van der Waals surface area (Å²) in [6, 6.07) is 0. The zero-order chi connectivity index (χ0) is 13.5. The van der Waals surface area contributed by atoms with E-state index in [0.29, 0.717) is 6.61 Å². The van der Waals surface area contributed by atoms with Crippen LogP contribution in [0.5, 0.6) is 0 Å². The largest absolute Gasteiger partial charge is 0.462 e. The molecular weight excluding hydrogens is 224 g/mol. The van der Waals surface area contributed by atoms with Crippen molar-refractivity contribution >= 4 is 5.97 Å². The molecule has 0 aromatic carbocycles. The Morgan fingerprint density at radius 1 is 1.00 bits per heavy atom. The van der Waals surface area contributed by atoms with Gasteiger partial charge in [0, 0.05) is 6.08 Å². The summed E-state index contributed by atoms with van der Waals surface area (Å²) >= 11 is 0. The fraction of sp³-hybridized carbons (Fsp3) is 0.562. The first-order chi connectivity index (χ1) is 8.81. The Labute approximate surface area is 111 Å². The summed E-state index contributed by atoms with van der Waals surface area (Å²) in [6.07, 6.45) is 17.9. The minimum Gasteiger partial charge on any atom is -0.462 e. The van der Waals surface area contributed by atoms with E-state index in [1.165, 1.54) is 25.3 Å².